The van der Waals surface area contributed by atoms with Gasteiger partial charge in [0.1, 0.15) is 4.91 Å². The van der Waals surface area contributed by atoms with Gasteiger partial charge in [0.05, 0.1) is 12.4 Å². The molecule has 0 fully saturated rings. The Morgan fingerprint density at radius 1 is 1.47 bits per heavy atom. The molecule has 0 aromatic carbocycles. The molecule has 0 rings (SSSR count). The number of hydrogen-bond acceptors (Lipinski definition) is 5. The van der Waals surface area contributed by atoms with Crippen LogP contribution in [0.25, 0.3) is 0 Å². The molecule has 0 aliphatic carbocycles. The molecule has 98 valence electrons. The summed E-state index contributed by atoms with van der Waals surface area (Å²) in [6, 6.07) is 0.170. The van der Waals surface area contributed by atoms with Crippen LogP contribution in [0.4, 0.5) is 0 Å². The van der Waals surface area contributed by atoms with Crippen molar-refractivity contribution in [1.29, 1.82) is 0 Å². The molecule has 0 aliphatic rings. The maximum atomic E-state index is 11.8. The van der Waals surface area contributed by atoms with Crippen molar-refractivity contribution < 1.29 is 8.42 Å². The van der Waals surface area contributed by atoms with E-state index < -0.39 is 10.0 Å². The normalized spacial score (nSPS) is 14.1. The quantitative estimate of drug-likeness (QED) is 0.371. The minimum absolute atomic E-state index is 0.0412. The predicted molar refractivity (Wildman–Crippen MR) is 69.9 cm³/mol. The third-order valence-corrected chi connectivity index (χ3v) is 3.27. The zero-order valence-electron chi connectivity index (χ0n) is 10.1. The highest BCUT2D eigenvalue weighted by Gasteiger charge is 2.18. The molecule has 17 heavy (non-hydrogen) atoms. The fourth-order valence-electron chi connectivity index (χ4n) is 0.969. The average Bonchev–Trinajstić information content (AvgIpc) is 2.17. The van der Waals surface area contributed by atoms with E-state index in [9.17, 15) is 8.42 Å². The van der Waals surface area contributed by atoms with Crippen LogP contribution in [0.5, 0.6) is 0 Å². The first kappa shape index (κ1) is 15.7. The van der Waals surface area contributed by atoms with E-state index in [1.54, 1.807) is 0 Å². The van der Waals surface area contributed by atoms with Gasteiger partial charge >= 0.3 is 0 Å². The van der Waals surface area contributed by atoms with Gasteiger partial charge in [0.15, 0.2) is 0 Å². The van der Waals surface area contributed by atoms with Crippen LogP contribution in [0.2, 0.25) is 0 Å². The smallest absolute Gasteiger partial charge is 0.245 e. The zero-order chi connectivity index (χ0) is 13.5. The Morgan fingerprint density at radius 3 is 2.47 bits per heavy atom. The largest absolute Gasteiger partial charge is 0.403 e. The Balaban J connectivity index is 4.79. The Bertz CT molecular complexity index is 410. The third-order valence-electron chi connectivity index (χ3n) is 1.80. The molecule has 0 aromatic rings. The Hall–Kier alpha value is -1.31. The van der Waals surface area contributed by atoms with Crippen LogP contribution < -0.4 is 21.5 Å². The van der Waals surface area contributed by atoms with Crippen LogP contribution in [0.3, 0.4) is 0 Å². The van der Waals surface area contributed by atoms with E-state index in [0.29, 0.717) is 0 Å². The van der Waals surface area contributed by atoms with E-state index in [4.69, 9.17) is 11.5 Å². The average molecular weight is 260 g/mol. The van der Waals surface area contributed by atoms with Crippen LogP contribution >= 0.6 is 0 Å². The van der Waals surface area contributed by atoms with Crippen molar-refractivity contribution in [3.05, 3.63) is 35.5 Å². The molecule has 0 saturated heterocycles. The van der Waals surface area contributed by atoms with E-state index in [-0.39, 0.29) is 23.3 Å². The number of nitrogens with one attached hydrogen (secondary N) is 2. The maximum absolute atomic E-state index is 11.8. The molecule has 0 bridgehead atoms. The van der Waals surface area contributed by atoms with Crippen molar-refractivity contribution in [3.8, 4) is 0 Å². The SMILES string of the molecule is C=C/C=C(N)\C(=C/N)S(=O)(=O)NCNC(C)C. The number of nitrogens with two attached hydrogens (primary N) is 2. The summed E-state index contributed by atoms with van der Waals surface area (Å²) in [7, 11) is -3.71. The predicted octanol–water partition coefficient (Wildman–Crippen LogP) is -0.310. The summed E-state index contributed by atoms with van der Waals surface area (Å²) < 4.78 is 25.9. The van der Waals surface area contributed by atoms with Crippen molar-refractivity contribution in [2.45, 2.75) is 19.9 Å². The Morgan fingerprint density at radius 2 is 2.06 bits per heavy atom. The van der Waals surface area contributed by atoms with Crippen molar-refractivity contribution in [3.63, 3.8) is 0 Å². The summed E-state index contributed by atoms with van der Waals surface area (Å²) >= 11 is 0. The van der Waals surface area contributed by atoms with Gasteiger partial charge in [-0.1, -0.05) is 12.7 Å². The van der Waals surface area contributed by atoms with Crippen LogP contribution in [0.15, 0.2) is 35.5 Å². The summed E-state index contributed by atoms with van der Waals surface area (Å²) in [5.74, 6) is 0. The topological polar surface area (TPSA) is 110 Å². The lowest BCUT2D eigenvalue weighted by atomic mass is 10.4. The first-order chi connectivity index (χ1) is 7.85. The van der Waals surface area contributed by atoms with E-state index in [1.165, 1.54) is 12.2 Å². The lowest BCUT2D eigenvalue weighted by Gasteiger charge is -2.12. The highest BCUT2D eigenvalue weighted by Crippen LogP contribution is 2.09. The summed E-state index contributed by atoms with van der Waals surface area (Å²) in [5, 5.41) is 2.91. The molecule has 6 N–H and O–H groups in total. The first-order valence-electron chi connectivity index (χ1n) is 5.08. The van der Waals surface area contributed by atoms with E-state index in [2.05, 4.69) is 16.6 Å². The lowest BCUT2D eigenvalue weighted by molar-refractivity contribution is 0.551. The van der Waals surface area contributed by atoms with Gasteiger partial charge in [-0.2, -0.15) is 4.72 Å². The van der Waals surface area contributed by atoms with Gasteiger partial charge in [-0.05, 0) is 19.9 Å². The molecular weight excluding hydrogens is 240 g/mol. The van der Waals surface area contributed by atoms with Crippen LogP contribution in [-0.4, -0.2) is 21.1 Å². The summed E-state index contributed by atoms with van der Waals surface area (Å²) in [4.78, 5) is -0.164. The number of sulfonamides is 1. The highest BCUT2D eigenvalue weighted by atomic mass is 32.2. The van der Waals surface area contributed by atoms with Gasteiger partial charge in [0.2, 0.25) is 10.0 Å². The zero-order valence-corrected chi connectivity index (χ0v) is 10.9. The fraction of sp³-hybridized carbons (Fsp3) is 0.400. The molecule has 7 heteroatoms. The van der Waals surface area contributed by atoms with Crippen molar-refractivity contribution >= 4 is 10.0 Å². The molecule has 0 radical (unpaired) electrons. The number of allylic oxidation sites excluding steroid dienone is 2. The fourth-order valence-corrected chi connectivity index (χ4v) is 1.95. The van der Waals surface area contributed by atoms with Crippen molar-refractivity contribution in [2.24, 2.45) is 11.5 Å². The highest BCUT2D eigenvalue weighted by molar-refractivity contribution is 7.93. The van der Waals surface area contributed by atoms with Crippen molar-refractivity contribution in [2.75, 3.05) is 6.67 Å². The maximum Gasteiger partial charge on any atom is 0.245 e. The first-order valence-corrected chi connectivity index (χ1v) is 6.57. The van der Waals surface area contributed by atoms with Crippen LogP contribution in [0.1, 0.15) is 13.8 Å². The summed E-state index contributed by atoms with van der Waals surface area (Å²) in [6.07, 6.45) is 3.71. The second kappa shape index (κ2) is 7.10. The molecular formula is C10H20N4O2S. The molecule has 0 heterocycles. The van der Waals surface area contributed by atoms with Gasteiger partial charge in [0, 0.05) is 12.2 Å². The van der Waals surface area contributed by atoms with Gasteiger partial charge < -0.3 is 16.8 Å². The molecule has 0 amide bonds. The standard InChI is InChI=1S/C10H20N4O2S/c1-4-5-9(12)10(6-11)17(15,16)14-7-13-8(2)3/h4-6,8,13-14H,1,7,11-12H2,2-3H3/b9-5+,10-6+. The van der Waals surface area contributed by atoms with Gasteiger partial charge in [-0.25, -0.2) is 8.42 Å². The molecule has 0 saturated carbocycles. The minimum Gasteiger partial charge on any atom is -0.403 e. The summed E-state index contributed by atoms with van der Waals surface area (Å²) in [5.41, 5.74) is 10.9. The van der Waals surface area contributed by atoms with Gasteiger partial charge in [0.25, 0.3) is 0 Å². The molecule has 0 aliphatic heterocycles. The number of hydrogen-bond donors (Lipinski definition) is 4. The Kier molecular flexibility index (Phi) is 6.55. The van der Waals surface area contributed by atoms with E-state index in [0.717, 1.165) is 6.20 Å². The summed E-state index contributed by atoms with van der Waals surface area (Å²) in [6.45, 7) is 7.35. The molecule has 6 nitrogen and oxygen atoms in total. The molecule has 0 aromatic heterocycles. The van der Waals surface area contributed by atoms with E-state index in [1.807, 2.05) is 13.8 Å². The molecule has 0 unspecified atom stereocenters. The third kappa shape index (κ3) is 5.53. The second-order valence-electron chi connectivity index (χ2n) is 3.57. The number of rotatable bonds is 7. The minimum atomic E-state index is -3.71. The van der Waals surface area contributed by atoms with Gasteiger partial charge in [-0.3, -0.25) is 0 Å². The van der Waals surface area contributed by atoms with Gasteiger partial charge in [-0.15, -0.1) is 0 Å². The van der Waals surface area contributed by atoms with Crippen LogP contribution in [0, 0.1) is 0 Å². The second-order valence-corrected chi connectivity index (χ2v) is 5.31. The van der Waals surface area contributed by atoms with Crippen LogP contribution in [-0.2, 0) is 10.0 Å². The van der Waals surface area contributed by atoms with E-state index >= 15 is 0 Å². The Labute approximate surface area is 102 Å². The van der Waals surface area contributed by atoms with Crippen molar-refractivity contribution in [1.82, 2.24) is 10.0 Å². The molecule has 0 spiro atoms. The lowest BCUT2D eigenvalue weighted by Crippen LogP contribution is -2.38. The molecule has 0 atom stereocenters. The monoisotopic (exact) mass is 260 g/mol.